The highest BCUT2D eigenvalue weighted by Gasteiger charge is 2.34. The topological polar surface area (TPSA) is 77.6 Å². The summed E-state index contributed by atoms with van der Waals surface area (Å²) in [7, 11) is 6.42. The molecule has 0 fully saturated rings. The molecule has 0 bridgehead atoms. The van der Waals surface area contributed by atoms with Crippen LogP contribution in [-0.4, -0.2) is 51.2 Å². The Balaban J connectivity index is 1.91. The van der Waals surface area contributed by atoms with Gasteiger partial charge in [-0.25, -0.2) is 4.68 Å². The van der Waals surface area contributed by atoms with Gasteiger partial charge < -0.3 is 19.1 Å². The summed E-state index contributed by atoms with van der Waals surface area (Å²) in [6, 6.07) is 11.5. The molecule has 4 rings (SSSR count). The van der Waals surface area contributed by atoms with Crippen molar-refractivity contribution in [2.75, 3.05) is 39.8 Å². The van der Waals surface area contributed by atoms with Crippen molar-refractivity contribution in [3.05, 3.63) is 52.1 Å². The van der Waals surface area contributed by atoms with Crippen molar-refractivity contribution >= 4 is 28.6 Å². The lowest BCUT2D eigenvalue weighted by molar-refractivity contribution is -0.112. The maximum Gasteiger partial charge on any atom is 0.279 e. The van der Waals surface area contributed by atoms with Crippen molar-refractivity contribution in [2.24, 2.45) is 16.0 Å². The smallest absolute Gasteiger partial charge is 0.279 e. The monoisotopic (exact) mass is 480 g/mol. The lowest BCUT2D eigenvalue weighted by Gasteiger charge is -2.18. The third kappa shape index (κ3) is 4.07. The van der Waals surface area contributed by atoms with E-state index in [1.54, 1.807) is 38.0 Å². The third-order valence-electron chi connectivity index (χ3n) is 5.48. The highest BCUT2D eigenvalue weighted by molar-refractivity contribution is 7.07. The average Bonchev–Trinajstić information content (AvgIpc) is 3.37. The predicted octanol–water partition coefficient (Wildman–Crippen LogP) is 4.03. The number of thiazole rings is 1. The molecule has 34 heavy (non-hydrogen) atoms. The van der Waals surface area contributed by atoms with Gasteiger partial charge in [0, 0.05) is 30.1 Å². The van der Waals surface area contributed by atoms with Crippen LogP contribution in [0, 0.1) is 5.92 Å². The first-order valence-electron chi connectivity index (χ1n) is 10.9. The minimum Gasteiger partial charge on any atom is -0.493 e. The molecule has 1 aliphatic rings. The van der Waals surface area contributed by atoms with Crippen molar-refractivity contribution in [3.63, 3.8) is 0 Å². The number of aromatic nitrogens is 1. The van der Waals surface area contributed by atoms with E-state index >= 15 is 0 Å². The molecule has 2 heterocycles. The summed E-state index contributed by atoms with van der Waals surface area (Å²) in [5.74, 6) is 1.77. The van der Waals surface area contributed by atoms with Crippen molar-refractivity contribution in [3.8, 4) is 28.5 Å². The Morgan fingerprint density at radius 2 is 1.71 bits per heavy atom. The van der Waals surface area contributed by atoms with Crippen LogP contribution in [0.1, 0.15) is 19.4 Å². The summed E-state index contributed by atoms with van der Waals surface area (Å²) < 4.78 is 18.2. The number of hydrogen-bond acceptors (Lipinski definition) is 7. The molecule has 0 radical (unpaired) electrons. The predicted molar refractivity (Wildman–Crippen MR) is 134 cm³/mol. The number of para-hydroxylation sites is 1. The lowest BCUT2D eigenvalue weighted by Crippen LogP contribution is -2.33. The zero-order chi connectivity index (χ0) is 24.4. The number of carbonyl (C=O) groups excluding carboxylic acids is 1. The second-order valence-electron chi connectivity index (χ2n) is 8.13. The number of anilines is 1. The van der Waals surface area contributed by atoms with E-state index in [4.69, 9.17) is 19.3 Å². The van der Waals surface area contributed by atoms with Gasteiger partial charge in [-0.1, -0.05) is 32.0 Å². The van der Waals surface area contributed by atoms with Gasteiger partial charge in [-0.3, -0.25) is 9.79 Å². The fourth-order valence-corrected chi connectivity index (χ4v) is 4.78. The van der Waals surface area contributed by atoms with Crippen LogP contribution >= 0.6 is 11.3 Å². The molecule has 8 nitrogen and oxygen atoms in total. The largest absolute Gasteiger partial charge is 0.493 e. The number of methoxy groups -OCH3 is 3. The van der Waals surface area contributed by atoms with Gasteiger partial charge in [-0.05, 0) is 24.1 Å². The van der Waals surface area contributed by atoms with Gasteiger partial charge >= 0.3 is 0 Å². The quantitative estimate of drug-likeness (QED) is 0.512. The molecule has 0 saturated carbocycles. The van der Waals surface area contributed by atoms with Crippen LogP contribution in [0.4, 0.5) is 5.69 Å². The third-order valence-corrected chi connectivity index (χ3v) is 6.39. The molecule has 0 atom stereocenters. The number of amides is 1. The van der Waals surface area contributed by atoms with Gasteiger partial charge in [-0.15, -0.1) is 11.3 Å². The van der Waals surface area contributed by atoms with Crippen LogP contribution in [-0.2, 0) is 4.79 Å². The van der Waals surface area contributed by atoms with Gasteiger partial charge in [0.1, 0.15) is 0 Å². The fourth-order valence-electron chi connectivity index (χ4n) is 3.98. The van der Waals surface area contributed by atoms with Crippen LogP contribution in [0.25, 0.3) is 11.3 Å². The molecule has 1 aromatic heterocycles. The van der Waals surface area contributed by atoms with Gasteiger partial charge in [0.15, 0.2) is 17.2 Å². The van der Waals surface area contributed by atoms with E-state index in [2.05, 4.69) is 18.8 Å². The van der Waals surface area contributed by atoms with Crippen LogP contribution < -0.4 is 23.9 Å². The second-order valence-corrected chi connectivity index (χ2v) is 8.96. The Morgan fingerprint density at radius 1 is 1.03 bits per heavy atom. The Labute approximate surface area is 202 Å². The summed E-state index contributed by atoms with van der Waals surface area (Å²) in [6.07, 6.45) is 0. The van der Waals surface area contributed by atoms with E-state index in [1.165, 1.54) is 11.3 Å². The molecule has 9 heteroatoms. The van der Waals surface area contributed by atoms with Crippen LogP contribution in [0.5, 0.6) is 17.2 Å². The number of fused-ring (bicyclic) bond motifs is 1. The van der Waals surface area contributed by atoms with Crippen LogP contribution in [0.2, 0.25) is 0 Å². The van der Waals surface area contributed by atoms with Crippen molar-refractivity contribution in [2.45, 2.75) is 13.8 Å². The lowest BCUT2D eigenvalue weighted by atomic mass is 10.1. The number of ether oxygens (including phenoxy) is 3. The van der Waals surface area contributed by atoms with Gasteiger partial charge in [0.05, 0.1) is 32.7 Å². The molecule has 0 aliphatic carbocycles. The molecule has 0 saturated heterocycles. The Bertz CT molecular complexity index is 1300. The zero-order valence-corrected chi connectivity index (χ0v) is 21.0. The standard InChI is InChI=1S/C25H28N4O4S/c1-15(2)13-28-18-10-8-7-9-17(18)22(24(28)30)27-29-19(14-34-25(29)26-3)16-11-20(31-4)23(33-6)21(12-16)32-5/h7-12,14-15H,13H2,1-6H3. The molecule has 0 N–H and O–H groups in total. The molecule has 3 aromatic rings. The van der Waals surface area contributed by atoms with E-state index < -0.39 is 0 Å². The minimum atomic E-state index is -0.119. The maximum atomic E-state index is 13.5. The first kappa shape index (κ1) is 23.6. The number of benzene rings is 2. The molecule has 0 spiro atoms. The zero-order valence-electron chi connectivity index (χ0n) is 20.2. The Morgan fingerprint density at radius 3 is 2.29 bits per heavy atom. The number of nitrogens with zero attached hydrogens (tertiary/aromatic N) is 4. The molecule has 178 valence electrons. The molecular weight excluding hydrogens is 452 g/mol. The van der Waals surface area contributed by atoms with E-state index in [0.717, 1.165) is 22.5 Å². The summed E-state index contributed by atoms with van der Waals surface area (Å²) >= 11 is 1.44. The maximum absolute atomic E-state index is 13.5. The Hall–Kier alpha value is -3.59. The summed E-state index contributed by atoms with van der Waals surface area (Å²) in [5.41, 5.74) is 3.62. The van der Waals surface area contributed by atoms with E-state index in [1.807, 2.05) is 41.8 Å². The van der Waals surface area contributed by atoms with Crippen molar-refractivity contribution in [1.82, 2.24) is 4.68 Å². The second kappa shape index (κ2) is 9.72. The number of hydrogen-bond donors (Lipinski definition) is 0. The first-order valence-corrected chi connectivity index (χ1v) is 11.7. The van der Waals surface area contributed by atoms with Crippen LogP contribution in [0.15, 0.2) is 51.9 Å². The summed E-state index contributed by atoms with van der Waals surface area (Å²) in [4.78, 5) is 20.3. The fraction of sp³-hybridized carbons (Fsp3) is 0.320. The number of carbonyl (C=O) groups is 1. The molecule has 1 aliphatic heterocycles. The average molecular weight is 481 g/mol. The van der Waals surface area contributed by atoms with Gasteiger partial charge in [0.25, 0.3) is 5.91 Å². The number of rotatable bonds is 7. The van der Waals surface area contributed by atoms with Crippen LogP contribution in [0.3, 0.4) is 0 Å². The van der Waals surface area contributed by atoms with Gasteiger partial charge in [-0.2, -0.15) is 5.10 Å². The molecular formula is C25H28N4O4S. The van der Waals surface area contributed by atoms with Crippen molar-refractivity contribution < 1.29 is 19.0 Å². The summed E-state index contributed by atoms with van der Waals surface area (Å²) in [6.45, 7) is 4.80. The Kier molecular flexibility index (Phi) is 6.74. The van der Waals surface area contributed by atoms with E-state index in [9.17, 15) is 4.79 Å². The first-order chi connectivity index (χ1) is 16.4. The highest BCUT2D eigenvalue weighted by Crippen LogP contribution is 2.41. The SMILES string of the molecule is CN=c1scc(-c2cc(OC)c(OC)c(OC)c2)n1N=C1C(=O)N(CC(C)C)c2ccccc21. The molecule has 2 aromatic carbocycles. The summed E-state index contributed by atoms with van der Waals surface area (Å²) in [5, 5.41) is 6.79. The normalized spacial score (nSPS) is 14.8. The highest BCUT2D eigenvalue weighted by atomic mass is 32.1. The van der Waals surface area contributed by atoms with E-state index in [-0.39, 0.29) is 5.91 Å². The molecule has 0 unspecified atom stereocenters. The van der Waals surface area contributed by atoms with Crippen molar-refractivity contribution in [1.29, 1.82) is 0 Å². The minimum absolute atomic E-state index is 0.119. The van der Waals surface area contributed by atoms with Gasteiger partial charge in [0.2, 0.25) is 10.6 Å². The van der Waals surface area contributed by atoms with E-state index in [0.29, 0.717) is 40.2 Å². The molecule has 1 amide bonds.